The van der Waals surface area contributed by atoms with Crippen molar-refractivity contribution in [2.45, 2.75) is 44.1 Å². The number of piperazine rings is 1. The van der Waals surface area contributed by atoms with Gasteiger partial charge in [0.05, 0.1) is 0 Å². The van der Waals surface area contributed by atoms with Crippen molar-refractivity contribution in [1.82, 2.24) is 9.97 Å². The molecule has 4 bridgehead atoms. The maximum absolute atomic E-state index is 6.65. The van der Waals surface area contributed by atoms with Crippen LogP contribution in [0.15, 0.2) is 36.7 Å². The first-order chi connectivity index (χ1) is 14.7. The Kier molecular flexibility index (Phi) is 4.29. The van der Waals surface area contributed by atoms with E-state index >= 15 is 0 Å². The molecular formula is C24H32N6. The molecule has 0 unspecified atom stereocenters. The number of nitrogens with two attached hydrogens (primary N) is 1. The first-order valence-electron chi connectivity index (χ1n) is 11.6. The van der Waals surface area contributed by atoms with Gasteiger partial charge >= 0.3 is 0 Å². The van der Waals surface area contributed by atoms with Crippen LogP contribution in [0.2, 0.25) is 0 Å². The van der Waals surface area contributed by atoms with E-state index < -0.39 is 0 Å². The van der Waals surface area contributed by atoms with Crippen molar-refractivity contribution in [3.8, 4) is 0 Å². The molecule has 30 heavy (non-hydrogen) atoms. The summed E-state index contributed by atoms with van der Waals surface area (Å²) in [5, 5.41) is 3.86. The Morgan fingerprint density at radius 3 is 2.07 bits per heavy atom. The monoisotopic (exact) mass is 404 g/mol. The van der Waals surface area contributed by atoms with Gasteiger partial charge < -0.3 is 20.9 Å². The van der Waals surface area contributed by atoms with Crippen molar-refractivity contribution >= 4 is 23.0 Å². The zero-order valence-corrected chi connectivity index (χ0v) is 17.6. The predicted molar refractivity (Wildman–Crippen MR) is 122 cm³/mol. The largest absolute Gasteiger partial charge is 0.393 e. The molecule has 0 amide bonds. The molecule has 0 atom stereocenters. The first-order valence-corrected chi connectivity index (χ1v) is 11.6. The van der Waals surface area contributed by atoms with Gasteiger partial charge in [-0.1, -0.05) is 18.2 Å². The quantitative estimate of drug-likeness (QED) is 0.808. The second kappa shape index (κ2) is 7.03. The van der Waals surface area contributed by atoms with Gasteiger partial charge in [-0.25, -0.2) is 9.97 Å². The van der Waals surface area contributed by atoms with Crippen LogP contribution >= 0.6 is 0 Å². The average Bonchev–Trinajstić information content (AvgIpc) is 2.75. The molecule has 1 aliphatic heterocycles. The Morgan fingerprint density at radius 2 is 1.43 bits per heavy atom. The normalized spacial score (nSPS) is 32.5. The van der Waals surface area contributed by atoms with Crippen molar-refractivity contribution in [3.63, 3.8) is 0 Å². The van der Waals surface area contributed by atoms with Gasteiger partial charge in [0.2, 0.25) is 0 Å². The van der Waals surface area contributed by atoms with E-state index in [2.05, 4.69) is 55.4 Å². The number of nitrogen functional groups attached to an aromatic ring is 1. The summed E-state index contributed by atoms with van der Waals surface area (Å²) in [4.78, 5) is 13.9. The molecule has 6 heteroatoms. The number of benzene rings is 1. The summed E-state index contributed by atoms with van der Waals surface area (Å²) in [6.07, 6.45) is 9.87. The van der Waals surface area contributed by atoms with E-state index in [1.54, 1.807) is 6.33 Å². The molecule has 0 spiro atoms. The fourth-order valence-electron chi connectivity index (χ4n) is 7.07. The van der Waals surface area contributed by atoms with Gasteiger partial charge in [0.25, 0.3) is 0 Å². The minimum atomic E-state index is 0.209. The van der Waals surface area contributed by atoms with Crippen LogP contribution in [0.25, 0.3) is 0 Å². The summed E-state index contributed by atoms with van der Waals surface area (Å²) in [7, 11) is 0. The van der Waals surface area contributed by atoms with Gasteiger partial charge in [-0.05, 0) is 68.4 Å². The van der Waals surface area contributed by atoms with Crippen molar-refractivity contribution in [1.29, 1.82) is 0 Å². The second-order valence-electron chi connectivity index (χ2n) is 10.1. The van der Waals surface area contributed by atoms with Crippen molar-refractivity contribution < 1.29 is 0 Å². The molecule has 5 aliphatic rings. The molecular weight excluding hydrogens is 372 g/mol. The van der Waals surface area contributed by atoms with Crippen LogP contribution in [0.5, 0.6) is 0 Å². The molecule has 1 saturated heterocycles. The first kappa shape index (κ1) is 18.3. The van der Waals surface area contributed by atoms with E-state index in [1.165, 1.54) is 44.2 Å². The highest BCUT2D eigenvalue weighted by molar-refractivity contribution is 5.75. The summed E-state index contributed by atoms with van der Waals surface area (Å²) in [5.41, 5.74) is 8.87. The van der Waals surface area contributed by atoms with Gasteiger partial charge in [-0.15, -0.1) is 0 Å². The summed E-state index contributed by atoms with van der Waals surface area (Å²) in [6, 6.07) is 10.6. The number of rotatable bonds is 4. The van der Waals surface area contributed by atoms with E-state index in [4.69, 9.17) is 5.73 Å². The van der Waals surface area contributed by atoms with Crippen LogP contribution in [0, 0.1) is 17.8 Å². The molecule has 3 N–H and O–H groups in total. The molecule has 158 valence electrons. The topological polar surface area (TPSA) is 70.3 Å². The van der Waals surface area contributed by atoms with E-state index in [0.717, 1.165) is 61.3 Å². The lowest BCUT2D eigenvalue weighted by Crippen LogP contribution is -2.55. The zero-order valence-electron chi connectivity index (χ0n) is 17.6. The van der Waals surface area contributed by atoms with Gasteiger partial charge in [-0.2, -0.15) is 0 Å². The van der Waals surface area contributed by atoms with E-state index in [0.29, 0.717) is 0 Å². The highest BCUT2D eigenvalue weighted by Crippen LogP contribution is 2.56. The Labute approximate surface area is 178 Å². The summed E-state index contributed by atoms with van der Waals surface area (Å²) in [6.45, 7) is 3.80. The molecule has 1 aromatic carbocycles. The third-order valence-corrected chi connectivity index (χ3v) is 7.99. The van der Waals surface area contributed by atoms with Gasteiger partial charge in [0, 0.05) is 37.4 Å². The maximum Gasteiger partial charge on any atom is 0.157 e. The molecule has 6 nitrogen and oxygen atoms in total. The lowest BCUT2D eigenvalue weighted by molar-refractivity contribution is 0.0106. The minimum absolute atomic E-state index is 0.209. The number of nitrogens with zero attached hydrogens (tertiary/aromatic N) is 4. The smallest absolute Gasteiger partial charge is 0.157 e. The molecule has 1 aromatic heterocycles. The number of hydrogen-bond donors (Lipinski definition) is 2. The summed E-state index contributed by atoms with van der Waals surface area (Å²) in [5.74, 6) is 4.45. The van der Waals surface area contributed by atoms with Gasteiger partial charge in [0.1, 0.15) is 12.0 Å². The highest BCUT2D eigenvalue weighted by Gasteiger charge is 2.51. The Balaban J connectivity index is 1.18. The molecule has 2 heterocycles. The molecule has 5 fully saturated rings. The van der Waals surface area contributed by atoms with Crippen molar-refractivity contribution in [2.75, 3.05) is 47.0 Å². The third-order valence-electron chi connectivity index (χ3n) is 7.99. The third kappa shape index (κ3) is 3.17. The number of aromatic nitrogens is 2. The molecule has 2 aromatic rings. The van der Waals surface area contributed by atoms with Crippen molar-refractivity contribution in [3.05, 3.63) is 36.7 Å². The predicted octanol–water partition coefficient (Wildman–Crippen LogP) is 3.77. The van der Waals surface area contributed by atoms with E-state index in [-0.39, 0.29) is 5.54 Å². The number of para-hydroxylation sites is 1. The molecule has 7 rings (SSSR count). The van der Waals surface area contributed by atoms with Crippen LogP contribution in [-0.4, -0.2) is 41.7 Å². The SMILES string of the molecule is Nc1c(NC23CC4CC(CC(C4)C2)C3)ncnc1N1CCN(c2ccccc2)CC1. The fourth-order valence-corrected chi connectivity index (χ4v) is 7.07. The maximum atomic E-state index is 6.65. The van der Waals surface area contributed by atoms with Crippen LogP contribution in [-0.2, 0) is 0 Å². The second-order valence-corrected chi connectivity index (χ2v) is 10.1. The molecule has 4 saturated carbocycles. The van der Waals surface area contributed by atoms with Crippen LogP contribution in [0.4, 0.5) is 23.0 Å². The highest BCUT2D eigenvalue weighted by atomic mass is 15.3. The lowest BCUT2D eigenvalue weighted by atomic mass is 9.53. The average molecular weight is 405 g/mol. The molecule has 0 radical (unpaired) electrons. The number of hydrogen-bond acceptors (Lipinski definition) is 6. The van der Waals surface area contributed by atoms with Crippen LogP contribution < -0.4 is 20.9 Å². The van der Waals surface area contributed by atoms with E-state index in [1.807, 2.05) is 0 Å². The Bertz CT molecular complexity index is 870. The number of nitrogens with one attached hydrogen (secondary N) is 1. The van der Waals surface area contributed by atoms with Gasteiger partial charge in [0.15, 0.2) is 11.6 Å². The minimum Gasteiger partial charge on any atom is -0.393 e. The van der Waals surface area contributed by atoms with Crippen molar-refractivity contribution in [2.24, 2.45) is 17.8 Å². The van der Waals surface area contributed by atoms with Crippen LogP contribution in [0.3, 0.4) is 0 Å². The lowest BCUT2D eigenvalue weighted by Gasteiger charge is -2.57. The number of anilines is 4. The molecule has 4 aliphatic carbocycles. The summed E-state index contributed by atoms with van der Waals surface area (Å²) >= 11 is 0. The summed E-state index contributed by atoms with van der Waals surface area (Å²) < 4.78 is 0. The Morgan fingerprint density at radius 1 is 0.833 bits per heavy atom. The van der Waals surface area contributed by atoms with Crippen LogP contribution in [0.1, 0.15) is 38.5 Å². The van der Waals surface area contributed by atoms with Gasteiger partial charge in [-0.3, -0.25) is 0 Å². The van der Waals surface area contributed by atoms with E-state index in [9.17, 15) is 0 Å². The fraction of sp³-hybridized carbons (Fsp3) is 0.583. The zero-order chi connectivity index (χ0) is 20.1. The standard InChI is InChI=1S/C24H32N6/c25-21-22(28-24-13-17-10-18(14-24)12-19(11-17)15-24)26-16-27-23(21)30-8-6-29(7-9-30)20-4-2-1-3-5-20/h1-5,16-19H,6-15,25H2,(H,26,27,28). The Hall–Kier alpha value is -2.50.